The van der Waals surface area contributed by atoms with Gasteiger partial charge in [0.25, 0.3) is 0 Å². The quantitative estimate of drug-likeness (QED) is 0.284. The van der Waals surface area contributed by atoms with Gasteiger partial charge in [0.05, 0.1) is 11.4 Å². The lowest BCUT2D eigenvalue weighted by atomic mass is 10.1. The fourth-order valence-electron chi connectivity index (χ4n) is 3.33. The van der Waals surface area contributed by atoms with Crippen molar-refractivity contribution < 1.29 is 0 Å². The second-order valence-electron chi connectivity index (χ2n) is 6.05. The fraction of sp³-hybridized carbons (Fsp3) is 0. The van der Waals surface area contributed by atoms with E-state index in [9.17, 15) is 0 Å². The van der Waals surface area contributed by atoms with E-state index in [4.69, 9.17) is 0 Å². The van der Waals surface area contributed by atoms with E-state index in [-0.39, 0.29) is 0 Å². The van der Waals surface area contributed by atoms with Gasteiger partial charge in [-0.3, -0.25) is 0 Å². The number of anilines is 3. The Hall–Kier alpha value is -2.23. The zero-order valence-electron chi connectivity index (χ0n) is 13.3. The first-order valence-corrected chi connectivity index (χ1v) is 9.76. The highest BCUT2D eigenvalue weighted by Crippen LogP contribution is 2.51. The molecule has 0 spiro atoms. The van der Waals surface area contributed by atoms with Crippen molar-refractivity contribution in [2.75, 3.05) is 4.90 Å². The molecular formula is C22H14BrNS. The van der Waals surface area contributed by atoms with E-state index in [1.54, 1.807) is 0 Å². The predicted molar refractivity (Wildman–Crippen MR) is 110 cm³/mol. The summed E-state index contributed by atoms with van der Waals surface area (Å²) < 4.78 is 1.11. The first kappa shape index (κ1) is 15.1. The molecule has 0 saturated heterocycles. The van der Waals surface area contributed by atoms with Gasteiger partial charge in [-0.15, -0.1) is 0 Å². The van der Waals surface area contributed by atoms with Crippen LogP contribution in [0.15, 0.2) is 99.2 Å². The van der Waals surface area contributed by atoms with Crippen molar-refractivity contribution in [3.8, 4) is 0 Å². The highest BCUT2D eigenvalue weighted by atomic mass is 79.9. The van der Waals surface area contributed by atoms with E-state index in [0.29, 0.717) is 0 Å². The Morgan fingerprint density at radius 2 is 1.24 bits per heavy atom. The third-order valence-corrected chi connectivity index (χ3v) is 6.10. The van der Waals surface area contributed by atoms with Crippen LogP contribution in [0, 0.1) is 0 Å². The number of para-hydroxylation sites is 2. The highest BCUT2D eigenvalue weighted by Gasteiger charge is 2.24. The van der Waals surface area contributed by atoms with Crippen LogP contribution in [0.4, 0.5) is 17.1 Å². The minimum atomic E-state index is 1.11. The summed E-state index contributed by atoms with van der Waals surface area (Å²) in [4.78, 5) is 4.94. The summed E-state index contributed by atoms with van der Waals surface area (Å²) in [5, 5.41) is 2.49. The number of fused-ring (bicyclic) bond motifs is 3. The lowest BCUT2D eigenvalue weighted by molar-refractivity contribution is 1.17. The SMILES string of the molecule is Brc1ccc2cc(N3c4ccccc4Sc4ccccc43)ccc2c1. The van der Waals surface area contributed by atoms with Crippen LogP contribution in [0.2, 0.25) is 0 Å². The van der Waals surface area contributed by atoms with Gasteiger partial charge in [-0.2, -0.15) is 0 Å². The van der Waals surface area contributed by atoms with Gasteiger partial charge in [0.1, 0.15) is 0 Å². The van der Waals surface area contributed by atoms with Crippen LogP contribution < -0.4 is 4.90 Å². The number of rotatable bonds is 1. The van der Waals surface area contributed by atoms with Gasteiger partial charge in [-0.25, -0.2) is 0 Å². The average molecular weight is 404 g/mol. The molecule has 0 aliphatic carbocycles. The number of nitrogens with zero attached hydrogens (tertiary/aromatic N) is 1. The third-order valence-electron chi connectivity index (χ3n) is 4.48. The number of hydrogen-bond donors (Lipinski definition) is 0. The van der Waals surface area contributed by atoms with Crippen molar-refractivity contribution >= 4 is 55.5 Å². The summed E-state index contributed by atoms with van der Waals surface area (Å²) in [7, 11) is 0. The summed E-state index contributed by atoms with van der Waals surface area (Å²) >= 11 is 5.40. The number of hydrogen-bond acceptors (Lipinski definition) is 2. The summed E-state index contributed by atoms with van der Waals surface area (Å²) in [5.41, 5.74) is 3.67. The van der Waals surface area contributed by atoms with E-state index in [0.717, 1.165) is 4.47 Å². The predicted octanol–water partition coefficient (Wildman–Crippen LogP) is 7.54. The van der Waals surface area contributed by atoms with E-state index in [1.807, 2.05) is 11.8 Å². The van der Waals surface area contributed by atoms with Gasteiger partial charge in [0.2, 0.25) is 0 Å². The molecule has 1 heterocycles. The van der Waals surface area contributed by atoms with Crippen LogP contribution in [0.5, 0.6) is 0 Å². The molecule has 1 aliphatic rings. The lowest BCUT2D eigenvalue weighted by Crippen LogP contribution is -2.14. The van der Waals surface area contributed by atoms with Crippen molar-refractivity contribution in [1.82, 2.24) is 0 Å². The van der Waals surface area contributed by atoms with Gasteiger partial charge in [0.15, 0.2) is 0 Å². The minimum Gasteiger partial charge on any atom is -0.308 e. The van der Waals surface area contributed by atoms with Gasteiger partial charge in [-0.1, -0.05) is 64.1 Å². The highest BCUT2D eigenvalue weighted by molar-refractivity contribution is 9.10. The van der Waals surface area contributed by atoms with Gasteiger partial charge < -0.3 is 4.90 Å². The standard InChI is InChI=1S/C22H14BrNS/c23-17-11-9-16-14-18(12-10-15(16)13-17)24-19-5-1-3-7-21(19)25-22-8-4-2-6-20(22)24/h1-14H. The Bertz CT molecular complexity index is 1060. The minimum absolute atomic E-state index is 1.11. The van der Waals surface area contributed by atoms with Crippen LogP contribution in [0.3, 0.4) is 0 Å². The molecule has 4 aromatic carbocycles. The Morgan fingerprint density at radius 3 is 1.96 bits per heavy atom. The molecule has 0 radical (unpaired) electrons. The molecule has 0 N–H and O–H groups in total. The van der Waals surface area contributed by atoms with Crippen LogP contribution in [-0.2, 0) is 0 Å². The number of halogens is 1. The van der Waals surface area contributed by atoms with E-state index >= 15 is 0 Å². The zero-order valence-corrected chi connectivity index (χ0v) is 15.7. The Morgan fingerprint density at radius 1 is 0.640 bits per heavy atom. The molecule has 120 valence electrons. The maximum Gasteiger partial charge on any atom is 0.0601 e. The first-order valence-electron chi connectivity index (χ1n) is 8.15. The summed E-state index contributed by atoms with van der Waals surface area (Å²) in [6.45, 7) is 0. The van der Waals surface area contributed by atoms with Crippen molar-refractivity contribution in [2.24, 2.45) is 0 Å². The van der Waals surface area contributed by atoms with E-state index < -0.39 is 0 Å². The van der Waals surface area contributed by atoms with Crippen molar-refractivity contribution in [3.63, 3.8) is 0 Å². The van der Waals surface area contributed by atoms with E-state index in [2.05, 4.69) is 106 Å². The molecule has 0 bridgehead atoms. The molecule has 1 aliphatic heterocycles. The van der Waals surface area contributed by atoms with Crippen LogP contribution in [0.1, 0.15) is 0 Å². The Balaban J connectivity index is 1.75. The number of benzene rings is 4. The van der Waals surface area contributed by atoms with Gasteiger partial charge in [0, 0.05) is 20.0 Å². The van der Waals surface area contributed by atoms with Crippen LogP contribution in [0.25, 0.3) is 10.8 Å². The molecule has 3 heteroatoms. The van der Waals surface area contributed by atoms with Crippen LogP contribution >= 0.6 is 27.7 Å². The molecule has 0 aromatic heterocycles. The molecule has 0 saturated carbocycles. The second-order valence-corrected chi connectivity index (χ2v) is 8.05. The first-order chi connectivity index (χ1) is 12.3. The zero-order chi connectivity index (χ0) is 16.8. The molecule has 4 aromatic rings. The van der Waals surface area contributed by atoms with Crippen LogP contribution in [-0.4, -0.2) is 0 Å². The summed E-state index contributed by atoms with van der Waals surface area (Å²) in [6, 6.07) is 30.3. The lowest BCUT2D eigenvalue weighted by Gasteiger charge is -2.33. The monoisotopic (exact) mass is 403 g/mol. The van der Waals surface area contributed by atoms with Crippen molar-refractivity contribution in [1.29, 1.82) is 0 Å². The fourth-order valence-corrected chi connectivity index (χ4v) is 4.76. The van der Waals surface area contributed by atoms with Crippen molar-refractivity contribution in [3.05, 3.63) is 89.4 Å². The molecule has 0 fully saturated rings. The largest absolute Gasteiger partial charge is 0.308 e. The van der Waals surface area contributed by atoms with Crippen molar-refractivity contribution in [2.45, 2.75) is 9.79 Å². The maximum atomic E-state index is 3.56. The molecule has 0 amide bonds. The molecule has 1 nitrogen and oxygen atoms in total. The maximum absolute atomic E-state index is 3.56. The third kappa shape index (κ3) is 2.55. The molecule has 25 heavy (non-hydrogen) atoms. The topological polar surface area (TPSA) is 3.24 Å². The Labute approximate surface area is 159 Å². The van der Waals surface area contributed by atoms with Gasteiger partial charge in [-0.05, 0) is 59.3 Å². The summed E-state index contributed by atoms with van der Waals surface area (Å²) in [6.07, 6.45) is 0. The average Bonchev–Trinajstić information content (AvgIpc) is 2.65. The normalized spacial score (nSPS) is 12.8. The van der Waals surface area contributed by atoms with Gasteiger partial charge >= 0.3 is 0 Å². The molecule has 5 rings (SSSR count). The summed E-state index contributed by atoms with van der Waals surface area (Å²) in [5.74, 6) is 0. The molecular weight excluding hydrogens is 390 g/mol. The second kappa shape index (κ2) is 5.94. The molecule has 0 atom stereocenters. The molecule has 0 unspecified atom stereocenters. The van der Waals surface area contributed by atoms with E-state index in [1.165, 1.54) is 37.6 Å². The Kier molecular flexibility index (Phi) is 3.58. The smallest absolute Gasteiger partial charge is 0.0601 e.